The van der Waals surface area contributed by atoms with Gasteiger partial charge >= 0.3 is 0 Å². The molecule has 1 unspecified atom stereocenters. The SMILES string of the molecule is CC1CCCN(Cc2ccc(NC(=O)c3ccccc3SCc3cscn3)cc2)C1. The van der Waals surface area contributed by atoms with Crippen molar-refractivity contribution in [3.8, 4) is 0 Å². The van der Waals surface area contributed by atoms with Gasteiger partial charge in [-0.3, -0.25) is 9.69 Å². The third-order valence-corrected chi connectivity index (χ3v) is 7.09. The molecule has 0 spiro atoms. The molecule has 0 aliphatic carbocycles. The molecular formula is C24H27N3OS2. The number of hydrogen-bond donors (Lipinski definition) is 1. The van der Waals surface area contributed by atoms with Gasteiger partial charge in [-0.1, -0.05) is 31.2 Å². The second-order valence-corrected chi connectivity index (χ2v) is 9.63. The van der Waals surface area contributed by atoms with Crippen molar-refractivity contribution in [1.82, 2.24) is 9.88 Å². The Kier molecular flexibility index (Phi) is 7.20. The van der Waals surface area contributed by atoms with Crippen molar-refractivity contribution in [1.29, 1.82) is 0 Å². The minimum atomic E-state index is -0.0750. The summed E-state index contributed by atoms with van der Waals surface area (Å²) in [4.78, 5) is 20.7. The first-order valence-corrected chi connectivity index (χ1v) is 12.3. The van der Waals surface area contributed by atoms with Crippen LogP contribution in [0.5, 0.6) is 0 Å². The summed E-state index contributed by atoms with van der Waals surface area (Å²) in [5, 5.41) is 5.09. The summed E-state index contributed by atoms with van der Waals surface area (Å²) >= 11 is 3.24. The first-order valence-electron chi connectivity index (χ1n) is 10.4. The van der Waals surface area contributed by atoms with E-state index in [1.807, 2.05) is 47.3 Å². The van der Waals surface area contributed by atoms with E-state index >= 15 is 0 Å². The van der Waals surface area contributed by atoms with Crippen molar-refractivity contribution in [2.45, 2.75) is 37.0 Å². The number of nitrogens with one attached hydrogen (secondary N) is 1. The van der Waals surface area contributed by atoms with Crippen LogP contribution in [0.2, 0.25) is 0 Å². The van der Waals surface area contributed by atoms with Crippen molar-refractivity contribution in [2.75, 3.05) is 18.4 Å². The summed E-state index contributed by atoms with van der Waals surface area (Å²) in [6.07, 6.45) is 2.63. The van der Waals surface area contributed by atoms with Gasteiger partial charge in [0, 0.05) is 34.8 Å². The van der Waals surface area contributed by atoms with E-state index in [9.17, 15) is 4.79 Å². The molecule has 4 rings (SSSR count). The molecule has 4 nitrogen and oxygen atoms in total. The number of carbonyl (C=O) groups excluding carboxylic acids is 1. The lowest BCUT2D eigenvalue weighted by Gasteiger charge is -2.30. The lowest BCUT2D eigenvalue weighted by molar-refractivity contribution is 0.102. The zero-order valence-electron chi connectivity index (χ0n) is 17.2. The number of anilines is 1. The number of aromatic nitrogens is 1. The summed E-state index contributed by atoms with van der Waals surface area (Å²) in [5.74, 6) is 1.47. The predicted molar refractivity (Wildman–Crippen MR) is 126 cm³/mol. The Labute approximate surface area is 186 Å². The number of thiazole rings is 1. The third-order valence-electron chi connectivity index (χ3n) is 5.35. The number of thioether (sulfide) groups is 1. The Hall–Kier alpha value is -2.15. The van der Waals surface area contributed by atoms with E-state index in [4.69, 9.17) is 0 Å². The zero-order chi connectivity index (χ0) is 20.8. The quantitative estimate of drug-likeness (QED) is 0.466. The summed E-state index contributed by atoms with van der Waals surface area (Å²) in [6, 6.07) is 16.0. The molecule has 1 aromatic heterocycles. The fourth-order valence-corrected chi connectivity index (χ4v) is 5.44. The highest BCUT2D eigenvalue weighted by molar-refractivity contribution is 7.98. The third kappa shape index (κ3) is 5.72. The molecule has 30 heavy (non-hydrogen) atoms. The normalized spacial score (nSPS) is 17.0. The molecule has 2 aromatic carbocycles. The molecule has 1 aliphatic heterocycles. The van der Waals surface area contributed by atoms with E-state index in [1.54, 1.807) is 23.1 Å². The molecule has 6 heteroatoms. The van der Waals surface area contributed by atoms with Gasteiger partial charge in [0.2, 0.25) is 0 Å². The van der Waals surface area contributed by atoms with E-state index in [2.05, 4.69) is 34.3 Å². The van der Waals surface area contributed by atoms with Gasteiger partial charge in [-0.25, -0.2) is 4.98 Å². The number of rotatable bonds is 7. The molecule has 2 heterocycles. The van der Waals surface area contributed by atoms with Crippen LogP contribution in [-0.2, 0) is 12.3 Å². The molecule has 156 valence electrons. The zero-order valence-corrected chi connectivity index (χ0v) is 18.8. The molecule has 1 aliphatic rings. The second-order valence-electron chi connectivity index (χ2n) is 7.90. The van der Waals surface area contributed by atoms with Gasteiger partial charge in [-0.05, 0) is 55.1 Å². The largest absolute Gasteiger partial charge is 0.322 e. The maximum Gasteiger partial charge on any atom is 0.256 e. The number of piperidine rings is 1. The molecule has 1 atom stereocenters. The molecule has 0 bridgehead atoms. The van der Waals surface area contributed by atoms with Gasteiger partial charge in [0.05, 0.1) is 16.8 Å². The number of amides is 1. The molecule has 0 saturated carbocycles. The Morgan fingerprint density at radius 3 is 2.83 bits per heavy atom. The lowest BCUT2D eigenvalue weighted by Crippen LogP contribution is -2.33. The van der Waals surface area contributed by atoms with Crippen molar-refractivity contribution < 1.29 is 4.79 Å². The van der Waals surface area contributed by atoms with Crippen LogP contribution in [0.25, 0.3) is 0 Å². The summed E-state index contributed by atoms with van der Waals surface area (Å²) < 4.78 is 0. The van der Waals surface area contributed by atoms with E-state index < -0.39 is 0 Å². The molecule has 1 saturated heterocycles. The van der Waals surface area contributed by atoms with Crippen LogP contribution in [0.4, 0.5) is 5.69 Å². The molecule has 1 N–H and O–H groups in total. The van der Waals surface area contributed by atoms with Crippen LogP contribution < -0.4 is 5.32 Å². The van der Waals surface area contributed by atoms with Gasteiger partial charge in [0.25, 0.3) is 5.91 Å². The maximum absolute atomic E-state index is 12.9. The van der Waals surface area contributed by atoms with E-state index in [1.165, 1.54) is 31.5 Å². The van der Waals surface area contributed by atoms with Gasteiger partial charge in [0.1, 0.15) is 0 Å². The van der Waals surface area contributed by atoms with Gasteiger partial charge in [0.15, 0.2) is 0 Å². The maximum atomic E-state index is 12.9. The van der Waals surface area contributed by atoms with Crippen LogP contribution >= 0.6 is 23.1 Å². The van der Waals surface area contributed by atoms with Crippen LogP contribution in [0.1, 0.15) is 41.4 Å². The number of carbonyl (C=O) groups is 1. The monoisotopic (exact) mass is 437 g/mol. The first-order chi connectivity index (χ1) is 14.7. The topological polar surface area (TPSA) is 45.2 Å². The Balaban J connectivity index is 1.36. The standard InChI is InChI=1S/C24H27N3OS2/c1-18-5-4-12-27(13-18)14-19-8-10-20(11-9-19)26-24(28)22-6-2-3-7-23(22)30-16-21-15-29-17-25-21/h2-3,6-11,15,17-18H,4-5,12-14,16H2,1H3,(H,26,28). The van der Waals surface area contributed by atoms with Crippen LogP contribution in [0.3, 0.4) is 0 Å². The number of likely N-dealkylation sites (tertiary alicyclic amines) is 1. The summed E-state index contributed by atoms with van der Waals surface area (Å²) in [7, 11) is 0. The number of hydrogen-bond acceptors (Lipinski definition) is 5. The second kappa shape index (κ2) is 10.2. The average Bonchev–Trinajstić information content (AvgIpc) is 3.28. The average molecular weight is 438 g/mol. The highest BCUT2D eigenvalue weighted by atomic mass is 32.2. The molecule has 0 radical (unpaired) electrons. The van der Waals surface area contributed by atoms with Crippen molar-refractivity contribution in [3.63, 3.8) is 0 Å². The van der Waals surface area contributed by atoms with E-state index in [0.717, 1.165) is 34.5 Å². The van der Waals surface area contributed by atoms with Crippen LogP contribution in [-0.4, -0.2) is 28.9 Å². The van der Waals surface area contributed by atoms with Crippen molar-refractivity contribution in [2.24, 2.45) is 5.92 Å². The highest BCUT2D eigenvalue weighted by Crippen LogP contribution is 2.27. The minimum absolute atomic E-state index is 0.0750. The molecule has 1 amide bonds. The van der Waals surface area contributed by atoms with E-state index in [0.29, 0.717) is 5.56 Å². The van der Waals surface area contributed by atoms with E-state index in [-0.39, 0.29) is 5.91 Å². The van der Waals surface area contributed by atoms with Crippen LogP contribution in [0, 0.1) is 5.92 Å². The Morgan fingerprint density at radius 2 is 2.07 bits per heavy atom. The predicted octanol–water partition coefficient (Wildman–Crippen LogP) is 5.92. The minimum Gasteiger partial charge on any atom is -0.322 e. The fraction of sp³-hybridized carbons (Fsp3) is 0.333. The summed E-state index contributed by atoms with van der Waals surface area (Å²) in [5.41, 5.74) is 5.70. The molecular weight excluding hydrogens is 410 g/mol. The fourth-order valence-electron chi connectivity index (χ4n) is 3.82. The lowest BCUT2D eigenvalue weighted by atomic mass is 10.00. The number of nitrogens with zero attached hydrogens (tertiary/aromatic N) is 2. The Morgan fingerprint density at radius 1 is 1.23 bits per heavy atom. The Bertz CT molecular complexity index is 957. The van der Waals surface area contributed by atoms with Crippen LogP contribution in [0.15, 0.2) is 64.3 Å². The molecule has 3 aromatic rings. The van der Waals surface area contributed by atoms with Gasteiger partial charge in [-0.15, -0.1) is 23.1 Å². The highest BCUT2D eigenvalue weighted by Gasteiger charge is 2.16. The first kappa shape index (κ1) is 21.1. The molecule has 1 fully saturated rings. The smallest absolute Gasteiger partial charge is 0.256 e. The summed E-state index contributed by atoms with van der Waals surface area (Å²) in [6.45, 7) is 5.67. The van der Waals surface area contributed by atoms with Crippen molar-refractivity contribution >= 4 is 34.7 Å². The van der Waals surface area contributed by atoms with Gasteiger partial charge < -0.3 is 5.32 Å². The van der Waals surface area contributed by atoms with Gasteiger partial charge in [-0.2, -0.15) is 0 Å². The van der Waals surface area contributed by atoms with Crippen molar-refractivity contribution in [3.05, 3.63) is 76.2 Å². The number of benzene rings is 2.